The molecule has 0 radical (unpaired) electrons. The molecule has 0 aromatic heterocycles. The second-order valence-corrected chi connectivity index (χ2v) is 7.89. The summed E-state index contributed by atoms with van der Waals surface area (Å²) in [6.45, 7) is 0.707. The normalized spacial score (nSPS) is 16.9. The molecular weight excluding hydrogens is 422 g/mol. The molecule has 33 heavy (non-hydrogen) atoms. The molecule has 0 bridgehead atoms. The standard InChI is InChI=1S/C25H25N3O5/c1-27-21-7-3-4-8-22(21)28(2)24(27)20(14-26)23(29)16-33-25(30)17-9-11-18(12-10-17)32-15-19-6-5-13-31-19/h3-4,7-12,19H,5-6,13,15-16H2,1-2H3. The molecule has 1 unspecified atom stereocenters. The van der Waals surface area contributed by atoms with E-state index in [0.29, 0.717) is 23.7 Å². The molecular formula is C25H25N3O5. The van der Waals surface area contributed by atoms with E-state index in [1.807, 2.05) is 30.3 Å². The highest BCUT2D eigenvalue weighted by molar-refractivity contribution is 6.04. The van der Waals surface area contributed by atoms with E-state index in [4.69, 9.17) is 14.2 Å². The molecule has 0 aliphatic carbocycles. The van der Waals surface area contributed by atoms with Crippen LogP contribution in [0.2, 0.25) is 0 Å². The van der Waals surface area contributed by atoms with Crippen molar-refractivity contribution in [3.05, 3.63) is 65.5 Å². The summed E-state index contributed by atoms with van der Waals surface area (Å²) in [6.07, 6.45) is 2.13. The molecule has 1 saturated heterocycles. The molecule has 2 aliphatic heterocycles. The molecule has 0 N–H and O–H groups in total. The molecule has 1 fully saturated rings. The number of anilines is 2. The third-order valence-corrected chi connectivity index (χ3v) is 5.74. The Labute approximate surface area is 192 Å². The molecule has 0 spiro atoms. The van der Waals surface area contributed by atoms with E-state index >= 15 is 0 Å². The number of nitrogens with zero attached hydrogens (tertiary/aromatic N) is 3. The molecule has 8 heteroatoms. The van der Waals surface area contributed by atoms with Gasteiger partial charge in [-0.2, -0.15) is 5.26 Å². The van der Waals surface area contributed by atoms with Crippen molar-refractivity contribution in [3.8, 4) is 11.8 Å². The lowest BCUT2D eigenvalue weighted by Crippen LogP contribution is -2.27. The highest BCUT2D eigenvalue weighted by Crippen LogP contribution is 2.40. The van der Waals surface area contributed by atoms with Crippen molar-refractivity contribution in [2.45, 2.75) is 18.9 Å². The summed E-state index contributed by atoms with van der Waals surface area (Å²) in [5.41, 5.74) is 1.99. The molecule has 1 atom stereocenters. The van der Waals surface area contributed by atoms with Gasteiger partial charge in [0, 0.05) is 20.7 Å². The average Bonchev–Trinajstić information content (AvgIpc) is 3.45. The third kappa shape index (κ3) is 4.69. The molecule has 170 valence electrons. The number of fused-ring (bicyclic) bond motifs is 1. The summed E-state index contributed by atoms with van der Waals surface area (Å²) in [5.74, 6) is -0.134. The number of rotatable bonds is 7. The van der Waals surface area contributed by atoms with Crippen molar-refractivity contribution >= 4 is 23.1 Å². The van der Waals surface area contributed by atoms with Crippen LogP contribution >= 0.6 is 0 Å². The number of carbonyl (C=O) groups excluding carboxylic acids is 2. The van der Waals surface area contributed by atoms with Gasteiger partial charge in [-0.25, -0.2) is 4.79 Å². The van der Waals surface area contributed by atoms with Crippen molar-refractivity contribution in [1.29, 1.82) is 5.26 Å². The number of nitriles is 1. The number of Topliss-reactive ketones (excluding diaryl/α,β-unsaturated/α-hetero) is 1. The lowest BCUT2D eigenvalue weighted by molar-refractivity contribution is -0.118. The van der Waals surface area contributed by atoms with E-state index in [1.54, 1.807) is 48.2 Å². The summed E-state index contributed by atoms with van der Waals surface area (Å²) in [6, 6.07) is 16.1. The predicted octanol–water partition coefficient (Wildman–Crippen LogP) is 3.29. The second kappa shape index (κ2) is 9.76. The van der Waals surface area contributed by atoms with Crippen molar-refractivity contribution in [1.82, 2.24) is 0 Å². The highest BCUT2D eigenvalue weighted by Gasteiger charge is 2.31. The van der Waals surface area contributed by atoms with Crippen molar-refractivity contribution in [2.75, 3.05) is 43.7 Å². The Hall–Kier alpha value is -3.83. The Bertz CT molecular complexity index is 1080. The van der Waals surface area contributed by atoms with Crippen LogP contribution in [0.25, 0.3) is 0 Å². The van der Waals surface area contributed by atoms with E-state index in [0.717, 1.165) is 30.8 Å². The van der Waals surface area contributed by atoms with Crippen molar-refractivity contribution in [2.24, 2.45) is 0 Å². The summed E-state index contributed by atoms with van der Waals surface area (Å²) in [7, 11) is 3.58. The number of hydrogen-bond acceptors (Lipinski definition) is 8. The number of para-hydroxylation sites is 2. The topological polar surface area (TPSA) is 92.1 Å². The van der Waals surface area contributed by atoms with E-state index < -0.39 is 18.4 Å². The number of ether oxygens (including phenoxy) is 3. The maximum absolute atomic E-state index is 12.8. The lowest BCUT2D eigenvalue weighted by Gasteiger charge is -2.19. The Balaban J connectivity index is 1.37. The molecule has 0 amide bonds. The number of carbonyl (C=O) groups is 2. The fraction of sp³-hybridized carbons (Fsp3) is 0.320. The fourth-order valence-electron chi connectivity index (χ4n) is 4.00. The summed E-state index contributed by atoms with van der Waals surface area (Å²) >= 11 is 0. The van der Waals surface area contributed by atoms with Crippen LogP contribution in [0.4, 0.5) is 11.4 Å². The molecule has 2 aliphatic rings. The van der Waals surface area contributed by atoms with E-state index in [1.165, 1.54) is 0 Å². The SMILES string of the molecule is CN1C(=C(C#N)C(=O)COC(=O)c2ccc(OCC3CCCO3)cc2)N(C)c2ccccc21. The maximum atomic E-state index is 12.8. The lowest BCUT2D eigenvalue weighted by atomic mass is 10.2. The van der Waals surface area contributed by atoms with Crippen LogP contribution in [-0.4, -0.2) is 51.8 Å². The fourth-order valence-corrected chi connectivity index (χ4v) is 4.00. The zero-order valence-electron chi connectivity index (χ0n) is 18.6. The van der Waals surface area contributed by atoms with Gasteiger partial charge >= 0.3 is 5.97 Å². The van der Waals surface area contributed by atoms with E-state index in [2.05, 4.69) is 0 Å². The molecule has 4 rings (SSSR count). The Kier molecular flexibility index (Phi) is 6.61. The van der Waals surface area contributed by atoms with Crippen molar-refractivity contribution < 1.29 is 23.8 Å². The van der Waals surface area contributed by atoms with Crippen LogP contribution in [0.1, 0.15) is 23.2 Å². The minimum absolute atomic E-state index is 0.0677. The average molecular weight is 447 g/mol. The van der Waals surface area contributed by atoms with Crippen LogP contribution in [0.3, 0.4) is 0 Å². The van der Waals surface area contributed by atoms with Crippen LogP contribution in [-0.2, 0) is 14.3 Å². The molecule has 2 heterocycles. The quantitative estimate of drug-likeness (QED) is 0.363. The highest BCUT2D eigenvalue weighted by atomic mass is 16.5. The van der Waals surface area contributed by atoms with Gasteiger partial charge in [-0.3, -0.25) is 4.79 Å². The van der Waals surface area contributed by atoms with Crippen LogP contribution in [0.5, 0.6) is 5.75 Å². The zero-order chi connectivity index (χ0) is 23.4. The van der Waals surface area contributed by atoms with E-state index in [9.17, 15) is 14.9 Å². The largest absolute Gasteiger partial charge is 0.491 e. The predicted molar refractivity (Wildman–Crippen MR) is 122 cm³/mol. The van der Waals surface area contributed by atoms with E-state index in [-0.39, 0.29) is 11.7 Å². The zero-order valence-corrected chi connectivity index (χ0v) is 18.6. The number of esters is 1. The van der Waals surface area contributed by atoms with Gasteiger partial charge in [0.15, 0.2) is 6.61 Å². The van der Waals surface area contributed by atoms with Gasteiger partial charge in [0.25, 0.3) is 0 Å². The first kappa shape index (κ1) is 22.4. The summed E-state index contributed by atoms with van der Waals surface area (Å²) < 4.78 is 16.4. The maximum Gasteiger partial charge on any atom is 0.338 e. The minimum Gasteiger partial charge on any atom is -0.491 e. The second-order valence-electron chi connectivity index (χ2n) is 7.89. The molecule has 2 aromatic rings. The summed E-state index contributed by atoms with van der Waals surface area (Å²) in [5, 5.41) is 9.67. The van der Waals surface area contributed by atoms with Gasteiger partial charge < -0.3 is 24.0 Å². The van der Waals surface area contributed by atoms with Gasteiger partial charge in [-0.05, 0) is 49.2 Å². The Morgan fingerprint density at radius 2 is 1.76 bits per heavy atom. The van der Waals surface area contributed by atoms with Gasteiger partial charge in [0.05, 0.1) is 23.0 Å². The monoisotopic (exact) mass is 447 g/mol. The Morgan fingerprint density at radius 3 is 2.33 bits per heavy atom. The minimum atomic E-state index is -0.646. The van der Waals surface area contributed by atoms with Crippen LogP contribution < -0.4 is 14.5 Å². The summed E-state index contributed by atoms with van der Waals surface area (Å²) in [4.78, 5) is 28.7. The molecule has 0 saturated carbocycles. The first-order chi connectivity index (χ1) is 16.0. The number of benzene rings is 2. The van der Waals surface area contributed by atoms with Gasteiger partial charge in [0.2, 0.25) is 5.78 Å². The number of hydrogen-bond donors (Lipinski definition) is 0. The molecule has 2 aromatic carbocycles. The van der Waals surface area contributed by atoms with Gasteiger partial charge in [-0.1, -0.05) is 12.1 Å². The third-order valence-electron chi connectivity index (χ3n) is 5.74. The first-order valence-electron chi connectivity index (χ1n) is 10.7. The van der Waals surface area contributed by atoms with Gasteiger partial charge in [0.1, 0.15) is 29.8 Å². The van der Waals surface area contributed by atoms with Crippen LogP contribution in [0.15, 0.2) is 59.9 Å². The number of ketones is 1. The van der Waals surface area contributed by atoms with Gasteiger partial charge in [-0.15, -0.1) is 0 Å². The molecule has 8 nitrogen and oxygen atoms in total. The first-order valence-corrected chi connectivity index (χ1v) is 10.7. The smallest absolute Gasteiger partial charge is 0.338 e. The Morgan fingerprint density at radius 1 is 1.09 bits per heavy atom. The van der Waals surface area contributed by atoms with Crippen LogP contribution in [0, 0.1) is 11.3 Å². The van der Waals surface area contributed by atoms with Crippen molar-refractivity contribution in [3.63, 3.8) is 0 Å².